The summed E-state index contributed by atoms with van der Waals surface area (Å²) in [7, 11) is 0. The van der Waals surface area contributed by atoms with Crippen LogP contribution in [0.25, 0.3) is 0 Å². The zero-order valence-electron chi connectivity index (χ0n) is 10.9. The van der Waals surface area contributed by atoms with Crippen molar-refractivity contribution in [3.63, 3.8) is 0 Å². The number of rotatable bonds is 9. The lowest BCUT2D eigenvalue weighted by molar-refractivity contribution is 0.364. The maximum atomic E-state index is 4.11. The van der Waals surface area contributed by atoms with E-state index in [4.69, 9.17) is 0 Å². The van der Waals surface area contributed by atoms with Crippen LogP contribution >= 0.6 is 0 Å². The fourth-order valence-corrected chi connectivity index (χ4v) is 2.20. The lowest BCUT2D eigenvalue weighted by Crippen LogP contribution is -2.09. The molecule has 1 atom stereocenters. The van der Waals surface area contributed by atoms with E-state index in [0.717, 1.165) is 12.5 Å². The topological polar surface area (TPSA) is 17.8 Å². The SMILES string of the molecule is CCCCCC(CCCC)Cn1ccnc1. The Morgan fingerprint density at radius 2 is 1.81 bits per heavy atom. The quantitative estimate of drug-likeness (QED) is 0.570. The van der Waals surface area contributed by atoms with E-state index in [1.807, 2.05) is 12.5 Å². The van der Waals surface area contributed by atoms with Gasteiger partial charge in [-0.15, -0.1) is 0 Å². The molecule has 0 bridgehead atoms. The minimum Gasteiger partial charge on any atom is -0.337 e. The van der Waals surface area contributed by atoms with Gasteiger partial charge in [-0.25, -0.2) is 4.98 Å². The molecule has 0 amide bonds. The predicted octanol–water partition coefficient (Wildman–Crippen LogP) is 4.27. The average molecular weight is 222 g/mol. The molecular formula is C14H26N2. The van der Waals surface area contributed by atoms with Crippen molar-refractivity contribution in [2.45, 2.75) is 65.3 Å². The molecule has 0 aromatic carbocycles. The lowest BCUT2D eigenvalue weighted by atomic mass is 9.95. The highest BCUT2D eigenvalue weighted by Crippen LogP contribution is 2.18. The van der Waals surface area contributed by atoms with Crippen LogP contribution in [0.1, 0.15) is 58.8 Å². The molecule has 2 nitrogen and oxygen atoms in total. The summed E-state index contributed by atoms with van der Waals surface area (Å²) in [5, 5.41) is 0. The molecule has 1 heterocycles. The third kappa shape index (κ3) is 5.34. The van der Waals surface area contributed by atoms with Crippen LogP contribution in [0, 0.1) is 5.92 Å². The molecule has 92 valence electrons. The van der Waals surface area contributed by atoms with Crippen molar-refractivity contribution >= 4 is 0 Å². The highest BCUT2D eigenvalue weighted by molar-refractivity contribution is 4.75. The zero-order chi connectivity index (χ0) is 11.6. The zero-order valence-corrected chi connectivity index (χ0v) is 10.9. The van der Waals surface area contributed by atoms with Gasteiger partial charge in [-0.05, 0) is 18.8 Å². The van der Waals surface area contributed by atoms with Crippen LogP contribution in [-0.4, -0.2) is 9.55 Å². The van der Waals surface area contributed by atoms with E-state index in [2.05, 4.69) is 29.6 Å². The second kappa shape index (κ2) is 8.37. The van der Waals surface area contributed by atoms with Crippen LogP contribution in [0.5, 0.6) is 0 Å². The van der Waals surface area contributed by atoms with Gasteiger partial charge in [0.15, 0.2) is 0 Å². The number of imidazole rings is 1. The van der Waals surface area contributed by atoms with Crippen LogP contribution in [0.4, 0.5) is 0 Å². The van der Waals surface area contributed by atoms with Crippen molar-refractivity contribution in [1.82, 2.24) is 9.55 Å². The third-order valence-corrected chi connectivity index (χ3v) is 3.21. The minimum atomic E-state index is 0.848. The first-order chi connectivity index (χ1) is 7.86. The molecule has 1 rings (SSSR count). The van der Waals surface area contributed by atoms with Gasteiger partial charge in [-0.1, -0.05) is 46.0 Å². The van der Waals surface area contributed by atoms with E-state index in [1.54, 1.807) is 0 Å². The molecule has 16 heavy (non-hydrogen) atoms. The third-order valence-electron chi connectivity index (χ3n) is 3.21. The first-order valence-electron chi connectivity index (χ1n) is 6.82. The Hall–Kier alpha value is -0.790. The molecule has 0 aliphatic rings. The number of hydrogen-bond donors (Lipinski definition) is 0. The molecule has 1 aromatic rings. The van der Waals surface area contributed by atoms with Gasteiger partial charge in [-0.3, -0.25) is 0 Å². The van der Waals surface area contributed by atoms with Gasteiger partial charge in [0, 0.05) is 18.9 Å². The second-order valence-corrected chi connectivity index (χ2v) is 4.76. The molecule has 0 fully saturated rings. The summed E-state index contributed by atoms with van der Waals surface area (Å²) in [6.45, 7) is 5.71. The summed E-state index contributed by atoms with van der Waals surface area (Å²) in [4.78, 5) is 4.11. The maximum Gasteiger partial charge on any atom is 0.0945 e. The summed E-state index contributed by atoms with van der Waals surface area (Å²) >= 11 is 0. The minimum absolute atomic E-state index is 0.848. The van der Waals surface area contributed by atoms with Crippen molar-refractivity contribution in [2.75, 3.05) is 0 Å². The maximum absolute atomic E-state index is 4.11. The van der Waals surface area contributed by atoms with Gasteiger partial charge in [0.2, 0.25) is 0 Å². The number of nitrogens with zero attached hydrogens (tertiary/aromatic N) is 2. The van der Waals surface area contributed by atoms with Crippen molar-refractivity contribution in [3.8, 4) is 0 Å². The predicted molar refractivity (Wildman–Crippen MR) is 69.4 cm³/mol. The molecule has 0 saturated heterocycles. The molecule has 2 heteroatoms. The van der Waals surface area contributed by atoms with Gasteiger partial charge < -0.3 is 4.57 Å². The molecular weight excluding hydrogens is 196 g/mol. The lowest BCUT2D eigenvalue weighted by Gasteiger charge is -2.16. The average Bonchev–Trinajstić information content (AvgIpc) is 2.78. The molecule has 0 radical (unpaired) electrons. The largest absolute Gasteiger partial charge is 0.337 e. The first-order valence-corrected chi connectivity index (χ1v) is 6.82. The van der Waals surface area contributed by atoms with E-state index in [0.29, 0.717) is 0 Å². The molecule has 1 unspecified atom stereocenters. The van der Waals surface area contributed by atoms with E-state index in [-0.39, 0.29) is 0 Å². The van der Waals surface area contributed by atoms with E-state index >= 15 is 0 Å². The summed E-state index contributed by atoms with van der Waals surface area (Å²) in [6.07, 6.45) is 15.4. The van der Waals surface area contributed by atoms with Crippen LogP contribution in [-0.2, 0) is 6.54 Å². The standard InChI is InChI=1S/C14H26N2/c1-3-5-7-9-14(8-6-4-2)12-16-11-10-15-13-16/h10-11,13-14H,3-9,12H2,1-2H3. The number of hydrogen-bond acceptors (Lipinski definition) is 1. The van der Waals surface area contributed by atoms with Gasteiger partial charge in [0.05, 0.1) is 6.33 Å². The molecule has 0 aliphatic carbocycles. The van der Waals surface area contributed by atoms with Crippen molar-refractivity contribution in [1.29, 1.82) is 0 Å². The molecule has 0 N–H and O–H groups in total. The summed E-state index contributed by atoms with van der Waals surface area (Å²) < 4.78 is 2.23. The summed E-state index contributed by atoms with van der Waals surface area (Å²) in [5.74, 6) is 0.848. The molecule has 0 aliphatic heterocycles. The van der Waals surface area contributed by atoms with Crippen molar-refractivity contribution in [3.05, 3.63) is 18.7 Å². The van der Waals surface area contributed by atoms with Crippen molar-refractivity contribution < 1.29 is 0 Å². The Labute approximate surface area is 100 Å². The first kappa shape index (κ1) is 13.3. The normalized spacial score (nSPS) is 12.9. The van der Waals surface area contributed by atoms with E-state index in [9.17, 15) is 0 Å². The van der Waals surface area contributed by atoms with Crippen LogP contribution in [0.2, 0.25) is 0 Å². The number of unbranched alkanes of at least 4 members (excludes halogenated alkanes) is 3. The van der Waals surface area contributed by atoms with Gasteiger partial charge in [0.1, 0.15) is 0 Å². The van der Waals surface area contributed by atoms with Gasteiger partial charge in [-0.2, -0.15) is 0 Å². The Bertz CT molecular complexity index is 241. The van der Waals surface area contributed by atoms with E-state index < -0.39 is 0 Å². The van der Waals surface area contributed by atoms with Crippen molar-refractivity contribution in [2.24, 2.45) is 5.92 Å². The van der Waals surface area contributed by atoms with Crippen LogP contribution < -0.4 is 0 Å². The molecule has 1 aromatic heterocycles. The Balaban J connectivity index is 2.31. The smallest absolute Gasteiger partial charge is 0.0945 e. The fourth-order valence-electron chi connectivity index (χ4n) is 2.20. The summed E-state index contributed by atoms with van der Waals surface area (Å²) in [5.41, 5.74) is 0. The van der Waals surface area contributed by atoms with E-state index in [1.165, 1.54) is 44.9 Å². The summed E-state index contributed by atoms with van der Waals surface area (Å²) in [6, 6.07) is 0. The Morgan fingerprint density at radius 3 is 2.44 bits per heavy atom. The number of aromatic nitrogens is 2. The Morgan fingerprint density at radius 1 is 1.06 bits per heavy atom. The molecule has 0 spiro atoms. The van der Waals surface area contributed by atoms with Gasteiger partial charge >= 0.3 is 0 Å². The highest BCUT2D eigenvalue weighted by atomic mass is 15.0. The Kier molecular flexibility index (Phi) is 6.95. The van der Waals surface area contributed by atoms with Crippen LogP contribution in [0.15, 0.2) is 18.7 Å². The fraction of sp³-hybridized carbons (Fsp3) is 0.786. The second-order valence-electron chi connectivity index (χ2n) is 4.76. The highest BCUT2D eigenvalue weighted by Gasteiger charge is 2.08. The molecule has 0 saturated carbocycles. The van der Waals surface area contributed by atoms with Crippen LogP contribution in [0.3, 0.4) is 0 Å². The van der Waals surface area contributed by atoms with Gasteiger partial charge in [0.25, 0.3) is 0 Å². The monoisotopic (exact) mass is 222 g/mol.